The van der Waals surface area contributed by atoms with Gasteiger partial charge in [-0.25, -0.2) is 0 Å². The zero-order valence-electron chi connectivity index (χ0n) is 7.44. The molecule has 0 aliphatic rings. The van der Waals surface area contributed by atoms with Crippen LogP contribution in [-0.4, -0.2) is 12.6 Å². The van der Waals surface area contributed by atoms with E-state index in [4.69, 9.17) is 0 Å². The molecule has 0 unspecified atom stereocenters. The fourth-order valence-corrected chi connectivity index (χ4v) is 1.43. The maximum atomic E-state index is 10.5. The molecule has 0 aliphatic carbocycles. The van der Waals surface area contributed by atoms with Crippen molar-refractivity contribution in [2.24, 2.45) is 0 Å². The van der Waals surface area contributed by atoms with Gasteiger partial charge in [0.1, 0.15) is 12.6 Å². The molecule has 2 rings (SSSR count). The van der Waals surface area contributed by atoms with Crippen LogP contribution in [0.5, 0.6) is 0 Å². The molecular formula is C12H8O2. The molecule has 0 heterocycles. The summed E-state index contributed by atoms with van der Waals surface area (Å²) in [5.41, 5.74) is 1.30. The van der Waals surface area contributed by atoms with E-state index in [2.05, 4.69) is 0 Å². The van der Waals surface area contributed by atoms with Gasteiger partial charge in [0.2, 0.25) is 0 Å². The Kier molecular flexibility index (Phi) is 2.11. The first kappa shape index (κ1) is 8.63. The Labute approximate surface area is 81.2 Å². The van der Waals surface area contributed by atoms with Crippen LogP contribution in [0.1, 0.15) is 20.7 Å². The molecule has 68 valence electrons. The zero-order chi connectivity index (χ0) is 9.97. The average Bonchev–Trinajstić information content (AvgIpc) is 2.27. The van der Waals surface area contributed by atoms with Gasteiger partial charge in [0, 0.05) is 11.1 Å². The van der Waals surface area contributed by atoms with E-state index in [0.717, 1.165) is 23.3 Å². The summed E-state index contributed by atoms with van der Waals surface area (Å²) in [6, 6.07) is 10.8. The molecule has 14 heavy (non-hydrogen) atoms. The highest BCUT2D eigenvalue weighted by atomic mass is 16.1. The van der Waals surface area contributed by atoms with Gasteiger partial charge < -0.3 is 0 Å². The zero-order valence-corrected chi connectivity index (χ0v) is 7.44. The molecule has 0 amide bonds. The minimum Gasteiger partial charge on any atom is -0.298 e. The first-order chi connectivity index (χ1) is 6.83. The topological polar surface area (TPSA) is 34.1 Å². The molecule has 2 aromatic rings. The summed E-state index contributed by atoms with van der Waals surface area (Å²) in [5, 5.41) is 1.94. The van der Waals surface area contributed by atoms with Crippen molar-refractivity contribution in [3.05, 3.63) is 47.5 Å². The standard InChI is InChI=1S/C12H8O2/c13-7-9-1-3-11-6-10(8-14)2-4-12(11)5-9/h1-8H. The number of rotatable bonds is 2. The maximum Gasteiger partial charge on any atom is 0.150 e. The number of fused-ring (bicyclic) bond motifs is 1. The minimum atomic E-state index is 0.649. The summed E-state index contributed by atoms with van der Waals surface area (Å²) in [4.78, 5) is 21.0. The summed E-state index contributed by atoms with van der Waals surface area (Å²) in [7, 11) is 0. The van der Waals surface area contributed by atoms with Crippen molar-refractivity contribution in [3.63, 3.8) is 0 Å². The molecule has 0 aliphatic heterocycles. The number of carbonyl (C=O) groups excluding carboxylic acids is 2. The van der Waals surface area contributed by atoms with Crippen LogP contribution in [-0.2, 0) is 0 Å². The van der Waals surface area contributed by atoms with Crippen LogP contribution >= 0.6 is 0 Å². The Bertz CT molecular complexity index is 453. The largest absolute Gasteiger partial charge is 0.298 e. The van der Waals surface area contributed by atoms with Gasteiger partial charge in [-0.2, -0.15) is 0 Å². The van der Waals surface area contributed by atoms with Crippen molar-refractivity contribution in [3.8, 4) is 0 Å². The minimum absolute atomic E-state index is 0.649. The van der Waals surface area contributed by atoms with E-state index in [0.29, 0.717) is 11.1 Å². The molecule has 0 radical (unpaired) electrons. The molecule has 2 heteroatoms. The number of aldehydes is 2. The van der Waals surface area contributed by atoms with E-state index in [-0.39, 0.29) is 0 Å². The van der Waals surface area contributed by atoms with Crippen LogP contribution < -0.4 is 0 Å². The van der Waals surface area contributed by atoms with E-state index in [1.54, 1.807) is 24.3 Å². The second-order valence-corrected chi connectivity index (χ2v) is 3.10. The first-order valence-corrected chi connectivity index (χ1v) is 4.27. The maximum absolute atomic E-state index is 10.5. The fraction of sp³-hybridized carbons (Fsp3) is 0. The first-order valence-electron chi connectivity index (χ1n) is 4.27. The van der Waals surface area contributed by atoms with Crippen LogP contribution in [0.25, 0.3) is 10.8 Å². The molecular weight excluding hydrogens is 176 g/mol. The molecule has 2 aromatic carbocycles. The van der Waals surface area contributed by atoms with Crippen molar-refractivity contribution in [2.75, 3.05) is 0 Å². The molecule has 2 nitrogen and oxygen atoms in total. The smallest absolute Gasteiger partial charge is 0.150 e. The van der Waals surface area contributed by atoms with Crippen molar-refractivity contribution >= 4 is 23.3 Å². The summed E-state index contributed by atoms with van der Waals surface area (Å²) >= 11 is 0. The lowest BCUT2D eigenvalue weighted by atomic mass is 10.1. The summed E-state index contributed by atoms with van der Waals surface area (Å²) in [6.07, 6.45) is 1.63. The van der Waals surface area contributed by atoms with Crippen molar-refractivity contribution in [2.45, 2.75) is 0 Å². The average molecular weight is 184 g/mol. The normalized spacial score (nSPS) is 10.0. The second-order valence-electron chi connectivity index (χ2n) is 3.10. The van der Waals surface area contributed by atoms with Crippen LogP contribution in [0.4, 0.5) is 0 Å². The van der Waals surface area contributed by atoms with E-state index in [1.165, 1.54) is 0 Å². The molecule has 0 spiro atoms. The Hall–Kier alpha value is -1.96. The second kappa shape index (κ2) is 3.42. The number of carbonyl (C=O) groups is 2. The van der Waals surface area contributed by atoms with Gasteiger partial charge in [0.05, 0.1) is 0 Å². The predicted molar refractivity (Wildman–Crippen MR) is 54.7 cm³/mol. The van der Waals surface area contributed by atoms with Crippen LogP contribution in [0, 0.1) is 0 Å². The number of hydrogen-bond donors (Lipinski definition) is 0. The van der Waals surface area contributed by atoms with Gasteiger partial charge in [0.15, 0.2) is 0 Å². The molecule has 0 N–H and O–H groups in total. The van der Waals surface area contributed by atoms with Gasteiger partial charge in [-0.05, 0) is 22.9 Å². The monoisotopic (exact) mass is 184 g/mol. The number of hydrogen-bond acceptors (Lipinski definition) is 2. The highest BCUT2D eigenvalue weighted by Crippen LogP contribution is 2.16. The molecule has 0 fully saturated rings. The van der Waals surface area contributed by atoms with Gasteiger partial charge in [-0.15, -0.1) is 0 Å². The van der Waals surface area contributed by atoms with Gasteiger partial charge >= 0.3 is 0 Å². The third kappa shape index (κ3) is 1.42. The third-order valence-corrected chi connectivity index (χ3v) is 2.16. The highest BCUT2D eigenvalue weighted by Gasteiger charge is 1.96. The van der Waals surface area contributed by atoms with E-state index < -0.39 is 0 Å². The summed E-state index contributed by atoms with van der Waals surface area (Å²) in [6.45, 7) is 0. The molecule has 0 aromatic heterocycles. The van der Waals surface area contributed by atoms with Gasteiger partial charge in [-0.1, -0.05) is 24.3 Å². The Morgan fingerprint density at radius 2 is 1.14 bits per heavy atom. The lowest BCUT2D eigenvalue weighted by Crippen LogP contribution is -1.82. The Morgan fingerprint density at radius 3 is 1.50 bits per heavy atom. The van der Waals surface area contributed by atoms with Crippen LogP contribution in [0.3, 0.4) is 0 Å². The number of benzene rings is 2. The molecule has 0 atom stereocenters. The van der Waals surface area contributed by atoms with Crippen LogP contribution in [0.15, 0.2) is 36.4 Å². The Balaban J connectivity index is 2.68. The molecule has 0 saturated heterocycles. The quantitative estimate of drug-likeness (QED) is 0.672. The van der Waals surface area contributed by atoms with Crippen molar-refractivity contribution in [1.82, 2.24) is 0 Å². The van der Waals surface area contributed by atoms with E-state index in [1.807, 2.05) is 12.1 Å². The molecule has 0 saturated carbocycles. The summed E-state index contributed by atoms with van der Waals surface area (Å²) < 4.78 is 0. The van der Waals surface area contributed by atoms with Gasteiger partial charge in [0.25, 0.3) is 0 Å². The predicted octanol–water partition coefficient (Wildman–Crippen LogP) is 2.46. The lowest BCUT2D eigenvalue weighted by molar-refractivity contribution is 0.111. The fourth-order valence-electron chi connectivity index (χ4n) is 1.43. The third-order valence-electron chi connectivity index (χ3n) is 2.16. The summed E-state index contributed by atoms with van der Waals surface area (Å²) in [5.74, 6) is 0. The molecule has 0 bridgehead atoms. The van der Waals surface area contributed by atoms with Crippen LogP contribution in [0.2, 0.25) is 0 Å². The lowest BCUT2D eigenvalue weighted by Gasteiger charge is -1.99. The SMILES string of the molecule is O=Cc1ccc2cc(C=O)ccc2c1. The Morgan fingerprint density at radius 1 is 0.714 bits per heavy atom. The van der Waals surface area contributed by atoms with Gasteiger partial charge in [-0.3, -0.25) is 9.59 Å². The van der Waals surface area contributed by atoms with E-state index in [9.17, 15) is 9.59 Å². The van der Waals surface area contributed by atoms with Crippen molar-refractivity contribution < 1.29 is 9.59 Å². The van der Waals surface area contributed by atoms with Crippen molar-refractivity contribution in [1.29, 1.82) is 0 Å². The highest BCUT2D eigenvalue weighted by molar-refractivity contribution is 5.92. The van der Waals surface area contributed by atoms with E-state index >= 15 is 0 Å².